The molecule has 0 spiro atoms. The van der Waals surface area contributed by atoms with E-state index in [-0.39, 0.29) is 23.6 Å². The van der Waals surface area contributed by atoms with E-state index in [9.17, 15) is 14.4 Å². The summed E-state index contributed by atoms with van der Waals surface area (Å²) in [7, 11) is 0. The van der Waals surface area contributed by atoms with Gasteiger partial charge in [-0.2, -0.15) is 0 Å². The van der Waals surface area contributed by atoms with E-state index >= 15 is 0 Å². The van der Waals surface area contributed by atoms with Crippen molar-refractivity contribution in [1.29, 1.82) is 0 Å². The summed E-state index contributed by atoms with van der Waals surface area (Å²) in [6.07, 6.45) is 2.03. The van der Waals surface area contributed by atoms with Crippen LogP contribution < -0.4 is 10.2 Å². The molecule has 130 valence electrons. The molecule has 2 amide bonds. The molecule has 5 rings (SSSR count). The van der Waals surface area contributed by atoms with Crippen molar-refractivity contribution in [2.24, 2.45) is 11.8 Å². The number of ketones is 1. The number of anilines is 1. The fourth-order valence-electron chi connectivity index (χ4n) is 4.58. The molecule has 1 N–H and O–H groups in total. The topological polar surface area (TPSA) is 66.5 Å². The number of nitrogens with zero attached hydrogens (tertiary/aromatic N) is 1. The lowest BCUT2D eigenvalue weighted by atomic mass is 9.86. The Bertz CT molecular complexity index is 979. The van der Waals surface area contributed by atoms with Gasteiger partial charge in [0.15, 0.2) is 5.78 Å². The van der Waals surface area contributed by atoms with Gasteiger partial charge >= 0.3 is 0 Å². The summed E-state index contributed by atoms with van der Waals surface area (Å²) in [6, 6.07) is 10.5. The molecule has 1 aromatic carbocycles. The SMILES string of the molecule is CC1=C[C@H]2[C@H]3C(=O)NC(=O)[C@H]3[C@@H](C(=O)c3cccs3)N2c2ccccc21. The van der Waals surface area contributed by atoms with E-state index in [1.165, 1.54) is 11.3 Å². The van der Waals surface area contributed by atoms with Crippen LogP contribution in [0, 0.1) is 11.8 Å². The summed E-state index contributed by atoms with van der Waals surface area (Å²) in [6.45, 7) is 2.01. The van der Waals surface area contributed by atoms with Crippen LogP contribution in [0.2, 0.25) is 0 Å². The first-order chi connectivity index (χ1) is 12.6. The van der Waals surface area contributed by atoms with Crippen LogP contribution in [0.3, 0.4) is 0 Å². The largest absolute Gasteiger partial charge is 0.352 e. The fraction of sp³-hybridized carbons (Fsp3) is 0.250. The molecule has 3 aliphatic rings. The highest BCUT2D eigenvalue weighted by Crippen LogP contribution is 2.48. The minimum atomic E-state index is -0.666. The Hall–Kier alpha value is -2.73. The van der Waals surface area contributed by atoms with Crippen LogP contribution >= 0.6 is 11.3 Å². The molecule has 0 aliphatic carbocycles. The first kappa shape index (κ1) is 15.5. The number of thiophene rings is 1. The van der Waals surface area contributed by atoms with Gasteiger partial charge in [-0.25, -0.2) is 0 Å². The molecule has 0 radical (unpaired) electrons. The van der Waals surface area contributed by atoms with Crippen molar-refractivity contribution in [3.05, 3.63) is 58.3 Å². The molecule has 26 heavy (non-hydrogen) atoms. The first-order valence-corrected chi connectivity index (χ1v) is 9.44. The molecule has 4 atom stereocenters. The van der Waals surface area contributed by atoms with Gasteiger partial charge in [0.25, 0.3) is 0 Å². The molecule has 6 heteroatoms. The normalized spacial score (nSPS) is 29.0. The Labute approximate surface area is 154 Å². The molecule has 1 aromatic heterocycles. The van der Waals surface area contributed by atoms with Crippen LogP contribution in [0.4, 0.5) is 5.69 Å². The Morgan fingerprint density at radius 2 is 1.85 bits per heavy atom. The van der Waals surface area contributed by atoms with Crippen molar-refractivity contribution in [3.63, 3.8) is 0 Å². The second kappa shape index (κ2) is 5.38. The van der Waals surface area contributed by atoms with Gasteiger partial charge in [-0.05, 0) is 30.0 Å². The predicted molar refractivity (Wildman–Crippen MR) is 98.9 cm³/mol. The highest BCUT2D eigenvalue weighted by Gasteiger charge is 2.61. The van der Waals surface area contributed by atoms with Gasteiger partial charge in [-0.15, -0.1) is 11.3 Å². The quantitative estimate of drug-likeness (QED) is 0.657. The molecule has 4 heterocycles. The maximum absolute atomic E-state index is 13.3. The molecule has 0 saturated carbocycles. The van der Waals surface area contributed by atoms with Gasteiger partial charge in [0.2, 0.25) is 11.8 Å². The number of para-hydroxylation sites is 1. The molecule has 3 aliphatic heterocycles. The van der Waals surface area contributed by atoms with Crippen LogP contribution in [0.5, 0.6) is 0 Å². The van der Waals surface area contributed by atoms with Crippen molar-refractivity contribution in [1.82, 2.24) is 5.32 Å². The summed E-state index contributed by atoms with van der Waals surface area (Å²) in [5.41, 5.74) is 3.03. The van der Waals surface area contributed by atoms with E-state index in [4.69, 9.17) is 0 Å². The number of allylic oxidation sites excluding steroid dienone is 1. The molecule has 2 saturated heterocycles. The Morgan fingerprint density at radius 3 is 2.62 bits per heavy atom. The van der Waals surface area contributed by atoms with Gasteiger partial charge in [0.1, 0.15) is 6.04 Å². The molecule has 2 aromatic rings. The Morgan fingerprint density at radius 1 is 1.08 bits per heavy atom. The number of hydrogen-bond acceptors (Lipinski definition) is 5. The molecule has 5 nitrogen and oxygen atoms in total. The zero-order valence-electron chi connectivity index (χ0n) is 14.0. The standard InChI is InChI=1S/C20H16N2O3S/c1-10-9-13-15-16(20(25)21-19(15)24)17(18(23)14-7-4-8-26-14)22(13)12-6-3-2-5-11(10)12/h2-9,13,15-17H,1H3,(H,21,24,25)/t13-,15+,16+,17-/m0/s1. The van der Waals surface area contributed by atoms with E-state index in [2.05, 4.69) is 5.32 Å². The minimum absolute atomic E-state index is 0.0925. The second-order valence-corrected chi connectivity index (χ2v) is 7.90. The number of benzene rings is 1. The van der Waals surface area contributed by atoms with E-state index < -0.39 is 17.9 Å². The third-order valence-corrected chi connectivity index (χ3v) is 6.51. The van der Waals surface area contributed by atoms with Crippen LogP contribution in [0.15, 0.2) is 47.9 Å². The van der Waals surface area contributed by atoms with E-state index in [1.54, 1.807) is 6.07 Å². The number of amides is 2. The van der Waals surface area contributed by atoms with Gasteiger partial charge in [0.05, 0.1) is 22.8 Å². The molecule has 0 bridgehead atoms. The number of rotatable bonds is 2. The van der Waals surface area contributed by atoms with Crippen molar-refractivity contribution in [2.75, 3.05) is 4.90 Å². The highest BCUT2D eigenvalue weighted by molar-refractivity contribution is 7.12. The third-order valence-electron chi connectivity index (χ3n) is 5.63. The number of Topliss-reactive ketones (excluding diaryl/α,β-unsaturated/α-hetero) is 1. The average Bonchev–Trinajstić information content (AvgIpc) is 3.33. The number of carbonyl (C=O) groups excluding carboxylic acids is 3. The van der Waals surface area contributed by atoms with Gasteiger partial charge in [-0.1, -0.05) is 30.3 Å². The lowest BCUT2D eigenvalue weighted by molar-refractivity contribution is -0.126. The van der Waals surface area contributed by atoms with Crippen LogP contribution in [0.1, 0.15) is 22.2 Å². The van der Waals surface area contributed by atoms with E-state index in [0.717, 1.165) is 16.8 Å². The summed E-state index contributed by atoms with van der Waals surface area (Å²) in [4.78, 5) is 41.0. The first-order valence-electron chi connectivity index (χ1n) is 8.56. The summed E-state index contributed by atoms with van der Waals surface area (Å²) >= 11 is 1.37. The number of carbonyl (C=O) groups is 3. The number of nitrogens with one attached hydrogen (secondary N) is 1. The zero-order valence-corrected chi connectivity index (χ0v) is 14.8. The number of fused-ring (bicyclic) bond motifs is 5. The third kappa shape index (κ3) is 1.93. The van der Waals surface area contributed by atoms with Crippen molar-refractivity contribution in [2.45, 2.75) is 19.0 Å². The number of hydrogen-bond donors (Lipinski definition) is 1. The lowest BCUT2D eigenvalue weighted by Gasteiger charge is -2.37. The maximum atomic E-state index is 13.3. The molecular formula is C20H16N2O3S. The second-order valence-electron chi connectivity index (χ2n) is 6.96. The predicted octanol–water partition coefficient (Wildman–Crippen LogP) is 2.49. The lowest BCUT2D eigenvalue weighted by Crippen LogP contribution is -2.48. The number of imide groups is 1. The molecule has 0 unspecified atom stereocenters. The Balaban J connectivity index is 1.71. The van der Waals surface area contributed by atoms with Crippen LogP contribution in [-0.2, 0) is 9.59 Å². The van der Waals surface area contributed by atoms with Gasteiger partial charge in [-0.3, -0.25) is 19.7 Å². The summed E-state index contributed by atoms with van der Waals surface area (Å²) in [5, 5.41) is 4.29. The summed E-state index contributed by atoms with van der Waals surface area (Å²) < 4.78 is 0. The molecule has 2 fully saturated rings. The molecular weight excluding hydrogens is 348 g/mol. The average molecular weight is 364 g/mol. The van der Waals surface area contributed by atoms with Gasteiger partial charge < -0.3 is 4.90 Å². The smallest absolute Gasteiger partial charge is 0.233 e. The van der Waals surface area contributed by atoms with Crippen LogP contribution in [0.25, 0.3) is 5.57 Å². The minimum Gasteiger partial charge on any atom is -0.352 e. The highest BCUT2D eigenvalue weighted by atomic mass is 32.1. The summed E-state index contributed by atoms with van der Waals surface area (Å²) in [5.74, 6) is -1.89. The van der Waals surface area contributed by atoms with Crippen molar-refractivity contribution < 1.29 is 14.4 Å². The monoisotopic (exact) mass is 364 g/mol. The van der Waals surface area contributed by atoms with Crippen molar-refractivity contribution >= 4 is 40.2 Å². The fourth-order valence-corrected chi connectivity index (χ4v) is 5.28. The van der Waals surface area contributed by atoms with E-state index in [0.29, 0.717) is 4.88 Å². The Kier molecular flexibility index (Phi) is 3.21. The van der Waals surface area contributed by atoms with E-state index in [1.807, 2.05) is 53.6 Å². The zero-order chi connectivity index (χ0) is 18.0. The van der Waals surface area contributed by atoms with Crippen LogP contribution in [-0.4, -0.2) is 29.7 Å². The van der Waals surface area contributed by atoms with Gasteiger partial charge in [0, 0.05) is 11.3 Å². The maximum Gasteiger partial charge on any atom is 0.233 e. The van der Waals surface area contributed by atoms with Crippen molar-refractivity contribution in [3.8, 4) is 0 Å².